The Labute approximate surface area is 230 Å². The van der Waals surface area contributed by atoms with Crippen LogP contribution in [0.1, 0.15) is 40.2 Å². The lowest BCUT2D eigenvalue weighted by atomic mass is 10.0. The van der Waals surface area contributed by atoms with Crippen molar-refractivity contribution in [2.75, 3.05) is 16.8 Å². The third kappa shape index (κ3) is 4.76. The highest BCUT2D eigenvalue weighted by Gasteiger charge is 2.53. The van der Waals surface area contributed by atoms with Gasteiger partial charge in [-0.2, -0.15) is 5.10 Å². The maximum Gasteiger partial charge on any atom is 0.275 e. The molecule has 4 aromatic rings. The second-order valence-corrected chi connectivity index (χ2v) is 10.0. The number of hydrogen-bond acceptors (Lipinski definition) is 7. The van der Waals surface area contributed by atoms with Crippen molar-refractivity contribution in [3.63, 3.8) is 0 Å². The maximum absolute atomic E-state index is 14.7. The molecular weight excluding hydrogens is 549 g/mol. The summed E-state index contributed by atoms with van der Waals surface area (Å²) in [5.41, 5.74) is 0.180. The number of aryl methyl sites for hydroxylation is 1. The fraction of sp³-hybridized carbons (Fsp3) is 0.269. The van der Waals surface area contributed by atoms with Gasteiger partial charge in [-0.05, 0) is 25.3 Å². The Morgan fingerprint density at radius 3 is 2.75 bits per heavy atom. The number of anilines is 2. The lowest BCUT2D eigenvalue weighted by molar-refractivity contribution is -0.118. The average molecular weight is 569 g/mol. The van der Waals surface area contributed by atoms with Gasteiger partial charge >= 0.3 is 0 Å². The highest BCUT2D eigenvalue weighted by atomic mass is 35.5. The molecule has 4 heterocycles. The van der Waals surface area contributed by atoms with Gasteiger partial charge in [-0.25, -0.2) is 28.1 Å². The number of fused-ring (bicyclic) bond motifs is 1. The third-order valence-electron chi connectivity index (χ3n) is 6.94. The summed E-state index contributed by atoms with van der Waals surface area (Å²) in [5.74, 6) is -0.783. The molecule has 0 unspecified atom stereocenters. The van der Waals surface area contributed by atoms with E-state index in [-0.39, 0.29) is 28.2 Å². The number of alkyl halides is 2. The van der Waals surface area contributed by atoms with E-state index < -0.39 is 29.3 Å². The molecule has 3 aromatic heterocycles. The molecule has 2 aliphatic rings. The molecule has 2 amide bonds. The first-order chi connectivity index (χ1) is 19.2. The van der Waals surface area contributed by atoms with Gasteiger partial charge in [0.25, 0.3) is 12.3 Å². The predicted molar refractivity (Wildman–Crippen MR) is 137 cm³/mol. The number of benzene rings is 1. The van der Waals surface area contributed by atoms with Gasteiger partial charge in [0.1, 0.15) is 5.69 Å². The van der Waals surface area contributed by atoms with Gasteiger partial charge < -0.3 is 5.32 Å². The van der Waals surface area contributed by atoms with Gasteiger partial charge in [-0.3, -0.25) is 24.2 Å². The number of aromatic nitrogens is 6. The van der Waals surface area contributed by atoms with Crippen LogP contribution in [0.4, 0.5) is 24.8 Å². The normalized spacial score (nSPS) is 17.9. The molecule has 0 bridgehead atoms. The predicted octanol–water partition coefficient (Wildman–Crippen LogP) is 4.45. The van der Waals surface area contributed by atoms with E-state index in [9.17, 15) is 22.8 Å². The van der Waals surface area contributed by atoms with E-state index in [1.165, 1.54) is 6.20 Å². The SMILES string of the molecule is Cc1nc(N2C[C@H]3C[C@H]3C2=O)ncc1Cn1cc(NC(=O)c2cncc(-c3c(C(F)F)ccc(Cl)c3F)n2)cn1. The Balaban J connectivity index is 1.16. The molecule has 1 N–H and O–H groups in total. The van der Waals surface area contributed by atoms with Crippen molar-refractivity contribution >= 4 is 35.1 Å². The molecule has 2 atom stereocenters. The van der Waals surface area contributed by atoms with Gasteiger partial charge in [0.15, 0.2) is 5.82 Å². The average Bonchev–Trinajstić information content (AvgIpc) is 3.46. The summed E-state index contributed by atoms with van der Waals surface area (Å²) in [6.07, 6.45) is 4.80. The van der Waals surface area contributed by atoms with Crippen LogP contribution in [-0.4, -0.2) is 48.1 Å². The minimum Gasteiger partial charge on any atom is -0.318 e. The van der Waals surface area contributed by atoms with E-state index >= 15 is 0 Å². The largest absolute Gasteiger partial charge is 0.318 e. The number of amides is 2. The number of rotatable bonds is 7. The number of piperidine rings is 1. The van der Waals surface area contributed by atoms with Gasteiger partial charge in [-0.1, -0.05) is 17.7 Å². The Hall–Kier alpha value is -4.39. The lowest BCUT2D eigenvalue weighted by Crippen LogP contribution is -2.30. The third-order valence-corrected chi connectivity index (χ3v) is 7.23. The first kappa shape index (κ1) is 25.9. The van der Waals surface area contributed by atoms with Crippen molar-refractivity contribution in [2.24, 2.45) is 11.8 Å². The topological polar surface area (TPSA) is 119 Å². The lowest BCUT2D eigenvalue weighted by Gasteiger charge is -2.17. The summed E-state index contributed by atoms with van der Waals surface area (Å²) < 4.78 is 43.2. The molecule has 1 aliphatic heterocycles. The standard InChI is InChI=1S/C26H20ClF3N8O2/c1-12-14(5-32-26(34-12)38-10-13-4-17(13)25(38)40)9-37-11-15(6-33-37)35-24(39)20-8-31-7-19(36-20)21-16(23(29)30)2-3-18(27)22(21)28/h2-3,5-8,11,13,17,23H,4,9-10H2,1H3,(H,35,39)/t13-,17-/m1/s1. The van der Waals surface area contributed by atoms with Gasteiger partial charge in [0.05, 0.1) is 41.5 Å². The Kier molecular flexibility index (Phi) is 6.45. The molecule has 40 heavy (non-hydrogen) atoms. The quantitative estimate of drug-likeness (QED) is 0.350. The summed E-state index contributed by atoms with van der Waals surface area (Å²) in [5, 5.41) is 6.49. The van der Waals surface area contributed by atoms with Gasteiger partial charge in [0.2, 0.25) is 11.9 Å². The first-order valence-corrected chi connectivity index (χ1v) is 12.6. The molecular formula is C26H20ClF3N8O2. The molecule has 0 spiro atoms. The van der Waals surface area contributed by atoms with Gasteiger partial charge in [0, 0.05) is 47.2 Å². The summed E-state index contributed by atoms with van der Waals surface area (Å²) in [7, 11) is 0. The molecule has 1 aliphatic carbocycles. The second kappa shape index (κ2) is 9.97. The van der Waals surface area contributed by atoms with Crippen molar-refractivity contribution in [2.45, 2.75) is 26.3 Å². The van der Waals surface area contributed by atoms with Crippen LogP contribution < -0.4 is 10.2 Å². The fourth-order valence-corrected chi connectivity index (χ4v) is 4.87. The van der Waals surface area contributed by atoms with Crippen LogP contribution in [0.2, 0.25) is 5.02 Å². The number of nitrogens with one attached hydrogen (secondary N) is 1. The van der Waals surface area contributed by atoms with Crippen molar-refractivity contribution < 1.29 is 22.8 Å². The van der Waals surface area contributed by atoms with Crippen LogP contribution >= 0.6 is 11.6 Å². The van der Waals surface area contributed by atoms with Crippen molar-refractivity contribution in [3.05, 3.63) is 76.5 Å². The molecule has 2 fully saturated rings. The molecule has 10 nitrogen and oxygen atoms in total. The zero-order valence-corrected chi connectivity index (χ0v) is 21.6. The van der Waals surface area contributed by atoms with Crippen LogP contribution in [0.5, 0.6) is 0 Å². The summed E-state index contributed by atoms with van der Waals surface area (Å²) >= 11 is 5.79. The van der Waals surface area contributed by atoms with Crippen molar-refractivity contribution in [1.82, 2.24) is 29.7 Å². The monoisotopic (exact) mass is 568 g/mol. The summed E-state index contributed by atoms with van der Waals surface area (Å²) in [4.78, 5) is 43.6. The first-order valence-electron chi connectivity index (χ1n) is 12.3. The summed E-state index contributed by atoms with van der Waals surface area (Å²) in [6.45, 7) is 2.78. The maximum atomic E-state index is 14.7. The zero-order chi connectivity index (χ0) is 28.1. The van der Waals surface area contributed by atoms with Crippen LogP contribution in [0, 0.1) is 24.6 Å². The molecule has 14 heteroatoms. The number of nitrogens with zero attached hydrogens (tertiary/aromatic N) is 7. The molecule has 1 saturated carbocycles. The Bertz CT molecular complexity index is 1660. The van der Waals surface area contributed by atoms with Crippen molar-refractivity contribution in [3.8, 4) is 11.3 Å². The van der Waals surface area contributed by atoms with Crippen LogP contribution in [0.25, 0.3) is 11.3 Å². The van der Waals surface area contributed by atoms with Crippen LogP contribution in [0.15, 0.2) is 43.1 Å². The van der Waals surface area contributed by atoms with E-state index in [0.29, 0.717) is 36.3 Å². The number of carbonyl (C=O) groups excluding carboxylic acids is 2. The molecule has 1 saturated heterocycles. The second-order valence-electron chi connectivity index (χ2n) is 9.63. The van der Waals surface area contributed by atoms with E-state index in [0.717, 1.165) is 36.5 Å². The Morgan fingerprint density at radius 1 is 1.20 bits per heavy atom. The summed E-state index contributed by atoms with van der Waals surface area (Å²) in [6, 6.07) is 2.03. The van der Waals surface area contributed by atoms with E-state index in [1.54, 1.807) is 22.0 Å². The number of hydrogen-bond donors (Lipinski definition) is 1. The molecule has 1 aromatic carbocycles. The number of carbonyl (C=O) groups is 2. The van der Waals surface area contributed by atoms with Crippen molar-refractivity contribution in [1.29, 1.82) is 0 Å². The molecule has 6 rings (SSSR count). The highest BCUT2D eigenvalue weighted by molar-refractivity contribution is 6.31. The van der Waals surface area contributed by atoms with Crippen LogP contribution in [-0.2, 0) is 11.3 Å². The fourth-order valence-electron chi connectivity index (χ4n) is 4.71. The zero-order valence-electron chi connectivity index (χ0n) is 20.9. The van der Waals surface area contributed by atoms with E-state index in [1.807, 2.05) is 6.92 Å². The molecule has 0 radical (unpaired) electrons. The minimum absolute atomic E-state index is 0.0759. The number of halogens is 4. The van der Waals surface area contributed by atoms with E-state index in [2.05, 4.69) is 30.4 Å². The highest BCUT2D eigenvalue weighted by Crippen LogP contribution is 2.46. The van der Waals surface area contributed by atoms with Gasteiger partial charge in [-0.15, -0.1) is 0 Å². The van der Waals surface area contributed by atoms with Crippen LogP contribution in [0.3, 0.4) is 0 Å². The van der Waals surface area contributed by atoms with E-state index in [4.69, 9.17) is 11.6 Å². The molecule has 204 valence electrons. The minimum atomic E-state index is -3.00. The smallest absolute Gasteiger partial charge is 0.275 e. The Morgan fingerprint density at radius 2 is 2.02 bits per heavy atom.